The van der Waals surface area contributed by atoms with E-state index in [4.69, 9.17) is 0 Å². The summed E-state index contributed by atoms with van der Waals surface area (Å²) >= 11 is 1.24. The molecule has 0 spiro atoms. The third-order valence-electron chi connectivity index (χ3n) is 4.63. The topological polar surface area (TPSA) is 22.0 Å². The SMILES string of the molecule is Cn1c(-c2ccccc2)c(C(=O)CSc2ccccc2F)c2ccccc21. The van der Waals surface area contributed by atoms with Crippen molar-refractivity contribution < 1.29 is 9.18 Å². The number of halogens is 1. The Morgan fingerprint density at radius 3 is 2.37 bits per heavy atom. The number of aryl methyl sites for hydroxylation is 1. The number of hydrogen-bond acceptors (Lipinski definition) is 2. The van der Waals surface area contributed by atoms with Gasteiger partial charge >= 0.3 is 0 Å². The summed E-state index contributed by atoms with van der Waals surface area (Å²) in [7, 11) is 1.98. The fourth-order valence-corrected chi connectivity index (χ4v) is 4.20. The quantitative estimate of drug-likeness (QED) is 0.317. The zero-order valence-corrected chi connectivity index (χ0v) is 15.7. The van der Waals surface area contributed by atoms with Gasteiger partial charge in [-0.3, -0.25) is 4.79 Å². The first-order valence-electron chi connectivity index (χ1n) is 8.70. The van der Waals surface area contributed by atoms with Gasteiger partial charge in [-0.05, 0) is 23.8 Å². The Morgan fingerprint density at radius 1 is 0.926 bits per heavy atom. The lowest BCUT2D eigenvalue weighted by molar-refractivity contribution is 0.102. The number of nitrogens with zero attached hydrogens (tertiary/aromatic N) is 1. The smallest absolute Gasteiger partial charge is 0.175 e. The fraction of sp³-hybridized carbons (Fsp3) is 0.0870. The molecule has 0 atom stereocenters. The molecule has 134 valence electrons. The molecule has 1 aromatic heterocycles. The Morgan fingerprint density at radius 2 is 1.59 bits per heavy atom. The monoisotopic (exact) mass is 375 g/mol. The maximum Gasteiger partial charge on any atom is 0.175 e. The summed E-state index contributed by atoms with van der Waals surface area (Å²) in [5.41, 5.74) is 3.60. The van der Waals surface area contributed by atoms with E-state index >= 15 is 0 Å². The van der Waals surface area contributed by atoms with Crippen LogP contribution >= 0.6 is 11.8 Å². The molecule has 0 amide bonds. The van der Waals surface area contributed by atoms with Crippen molar-refractivity contribution in [3.8, 4) is 11.3 Å². The summed E-state index contributed by atoms with van der Waals surface area (Å²) in [5.74, 6) is -0.107. The molecule has 0 radical (unpaired) electrons. The van der Waals surface area contributed by atoms with Gasteiger partial charge in [0, 0.05) is 22.8 Å². The molecule has 1 heterocycles. The minimum absolute atomic E-state index is 0.00101. The van der Waals surface area contributed by atoms with Crippen LogP contribution < -0.4 is 0 Å². The van der Waals surface area contributed by atoms with E-state index in [0.717, 1.165) is 22.2 Å². The first-order valence-corrected chi connectivity index (χ1v) is 9.68. The minimum atomic E-state index is -0.295. The van der Waals surface area contributed by atoms with E-state index in [9.17, 15) is 9.18 Å². The number of ketones is 1. The van der Waals surface area contributed by atoms with Gasteiger partial charge in [0.2, 0.25) is 0 Å². The van der Waals surface area contributed by atoms with Gasteiger partial charge in [0.05, 0.1) is 17.0 Å². The van der Waals surface area contributed by atoms with E-state index in [2.05, 4.69) is 4.57 Å². The highest BCUT2D eigenvalue weighted by Crippen LogP contribution is 2.34. The predicted octanol–water partition coefficient (Wildman–Crippen LogP) is 5.96. The van der Waals surface area contributed by atoms with Crippen molar-refractivity contribution in [3.05, 3.63) is 90.2 Å². The molecule has 0 aliphatic carbocycles. The van der Waals surface area contributed by atoms with E-state index in [1.807, 2.05) is 61.6 Å². The first-order chi connectivity index (χ1) is 13.2. The molecule has 0 N–H and O–H groups in total. The van der Waals surface area contributed by atoms with Gasteiger partial charge in [0.15, 0.2) is 5.78 Å². The van der Waals surface area contributed by atoms with Crippen LogP contribution in [0.3, 0.4) is 0 Å². The number of benzene rings is 3. The van der Waals surface area contributed by atoms with Crippen LogP contribution in [0.5, 0.6) is 0 Å². The van der Waals surface area contributed by atoms with Crippen molar-refractivity contribution in [3.63, 3.8) is 0 Å². The van der Waals surface area contributed by atoms with Crippen LogP contribution in [-0.4, -0.2) is 16.1 Å². The molecule has 4 aromatic rings. The van der Waals surface area contributed by atoms with Gasteiger partial charge in [-0.1, -0.05) is 60.7 Å². The number of fused-ring (bicyclic) bond motifs is 1. The molecule has 4 heteroatoms. The van der Waals surface area contributed by atoms with E-state index in [1.54, 1.807) is 18.2 Å². The van der Waals surface area contributed by atoms with Crippen LogP contribution in [0.4, 0.5) is 4.39 Å². The van der Waals surface area contributed by atoms with Gasteiger partial charge in [0.1, 0.15) is 5.82 Å². The van der Waals surface area contributed by atoms with Crippen LogP contribution in [0.1, 0.15) is 10.4 Å². The number of aromatic nitrogens is 1. The van der Waals surface area contributed by atoms with Crippen LogP contribution in [0, 0.1) is 5.82 Å². The number of carbonyl (C=O) groups excluding carboxylic acids is 1. The molecule has 0 bridgehead atoms. The zero-order valence-electron chi connectivity index (χ0n) is 14.9. The average molecular weight is 375 g/mol. The Balaban J connectivity index is 1.78. The molecule has 0 aliphatic heterocycles. The Hall–Kier alpha value is -2.85. The molecular formula is C23H18FNOS. The first kappa shape index (κ1) is 17.6. The Kier molecular flexibility index (Phi) is 4.82. The van der Waals surface area contributed by atoms with Gasteiger partial charge in [0.25, 0.3) is 0 Å². The Bertz CT molecular complexity index is 1120. The summed E-state index contributed by atoms with van der Waals surface area (Å²) in [6.45, 7) is 0. The van der Waals surface area contributed by atoms with Crippen LogP contribution in [-0.2, 0) is 7.05 Å². The lowest BCUT2D eigenvalue weighted by Crippen LogP contribution is -2.05. The highest BCUT2D eigenvalue weighted by Gasteiger charge is 2.22. The fourth-order valence-electron chi connectivity index (χ4n) is 3.39. The highest BCUT2D eigenvalue weighted by atomic mass is 32.2. The maximum absolute atomic E-state index is 13.9. The lowest BCUT2D eigenvalue weighted by Gasteiger charge is -2.08. The molecule has 4 rings (SSSR count). The number of thioether (sulfide) groups is 1. The average Bonchev–Trinajstić information content (AvgIpc) is 3.01. The molecule has 0 aliphatic rings. The van der Waals surface area contributed by atoms with E-state index in [1.165, 1.54) is 17.8 Å². The molecule has 3 aromatic carbocycles. The van der Waals surface area contributed by atoms with Crippen molar-refractivity contribution in [2.24, 2.45) is 7.05 Å². The van der Waals surface area contributed by atoms with Gasteiger partial charge < -0.3 is 4.57 Å². The van der Waals surface area contributed by atoms with E-state index in [-0.39, 0.29) is 17.4 Å². The third kappa shape index (κ3) is 3.28. The minimum Gasteiger partial charge on any atom is -0.343 e. The summed E-state index contributed by atoms with van der Waals surface area (Å²) < 4.78 is 16.0. The normalized spacial score (nSPS) is 11.0. The van der Waals surface area contributed by atoms with Crippen LogP contribution in [0.25, 0.3) is 22.2 Å². The molecule has 0 fully saturated rings. The molecule has 0 saturated heterocycles. The van der Waals surface area contributed by atoms with Crippen molar-refractivity contribution in [1.29, 1.82) is 0 Å². The van der Waals surface area contributed by atoms with Crippen molar-refractivity contribution in [1.82, 2.24) is 4.57 Å². The van der Waals surface area contributed by atoms with Crippen LogP contribution in [0.2, 0.25) is 0 Å². The number of carbonyl (C=O) groups is 1. The summed E-state index contributed by atoms with van der Waals surface area (Å²) in [5, 5.41) is 0.929. The molecule has 0 unspecified atom stereocenters. The predicted molar refractivity (Wildman–Crippen MR) is 110 cm³/mol. The van der Waals surface area contributed by atoms with Gasteiger partial charge in [-0.2, -0.15) is 0 Å². The molecule has 2 nitrogen and oxygen atoms in total. The summed E-state index contributed by atoms with van der Waals surface area (Å²) in [6.07, 6.45) is 0. The number of rotatable bonds is 5. The third-order valence-corrected chi connectivity index (χ3v) is 5.68. The lowest BCUT2D eigenvalue weighted by atomic mass is 10.0. The second kappa shape index (κ2) is 7.41. The Labute approximate surface area is 161 Å². The van der Waals surface area contributed by atoms with Crippen molar-refractivity contribution in [2.45, 2.75) is 4.90 Å². The van der Waals surface area contributed by atoms with E-state index < -0.39 is 0 Å². The number of para-hydroxylation sites is 1. The van der Waals surface area contributed by atoms with Crippen LogP contribution in [0.15, 0.2) is 83.8 Å². The van der Waals surface area contributed by atoms with Crippen molar-refractivity contribution >= 4 is 28.4 Å². The highest BCUT2D eigenvalue weighted by molar-refractivity contribution is 8.00. The summed E-state index contributed by atoms with van der Waals surface area (Å²) in [4.78, 5) is 13.7. The second-order valence-corrected chi connectivity index (χ2v) is 7.33. The molecule has 27 heavy (non-hydrogen) atoms. The number of Topliss-reactive ketones (excluding diaryl/α,β-unsaturated/α-hetero) is 1. The standard InChI is InChI=1S/C23H18FNOS/c1-25-19-13-7-5-11-17(19)22(23(25)16-9-3-2-4-10-16)20(26)15-27-21-14-8-6-12-18(21)24/h2-14H,15H2,1H3. The maximum atomic E-state index is 13.9. The number of hydrogen-bond donors (Lipinski definition) is 0. The van der Waals surface area contributed by atoms with Gasteiger partial charge in [-0.25, -0.2) is 4.39 Å². The van der Waals surface area contributed by atoms with Crippen molar-refractivity contribution in [2.75, 3.05) is 5.75 Å². The van der Waals surface area contributed by atoms with E-state index in [0.29, 0.717) is 10.5 Å². The molecular weight excluding hydrogens is 357 g/mol. The largest absolute Gasteiger partial charge is 0.343 e. The molecule has 0 saturated carbocycles. The second-order valence-electron chi connectivity index (χ2n) is 6.31. The summed E-state index contributed by atoms with van der Waals surface area (Å²) in [6, 6.07) is 24.4. The van der Waals surface area contributed by atoms with Gasteiger partial charge in [-0.15, -0.1) is 11.8 Å². The zero-order chi connectivity index (χ0) is 18.8.